The number of carbonyl (C=O) groups excluding carboxylic acids is 1. The lowest BCUT2D eigenvalue weighted by Gasteiger charge is -2.32. The minimum Gasteiger partial charge on any atom is -0.382 e. The molecular formula is C18H21FN4O. The molecule has 24 heavy (non-hydrogen) atoms. The van der Waals surface area contributed by atoms with Crippen LogP contribution in [0.5, 0.6) is 0 Å². The number of carbonyl (C=O) groups is 1. The maximum absolute atomic E-state index is 12.8. The van der Waals surface area contributed by atoms with E-state index < -0.39 is 5.82 Å². The predicted molar refractivity (Wildman–Crippen MR) is 92.6 cm³/mol. The van der Waals surface area contributed by atoms with E-state index in [1.807, 2.05) is 6.07 Å². The zero-order valence-electron chi connectivity index (χ0n) is 13.6. The first-order valence-electron chi connectivity index (χ1n) is 8.11. The van der Waals surface area contributed by atoms with E-state index in [4.69, 9.17) is 0 Å². The number of amides is 2. The molecular weight excluding hydrogens is 307 g/mol. The Balaban J connectivity index is 1.49. The predicted octanol–water partition coefficient (Wildman–Crippen LogP) is 3.64. The van der Waals surface area contributed by atoms with Crippen LogP contribution in [0.25, 0.3) is 0 Å². The van der Waals surface area contributed by atoms with E-state index in [0.29, 0.717) is 24.9 Å². The van der Waals surface area contributed by atoms with Crippen molar-refractivity contribution in [3.8, 4) is 0 Å². The second kappa shape index (κ2) is 7.29. The Kier molecular flexibility index (Phi) is 4.93. The molecule has 1 aliphatic rings. The molecule has 1 aromatic carbocycles. The van der Waals surface area contributed by atoms with Crippen LogP contribution in [0.1, 0.15) is 18.4 Å². The second-order valence-corrected chi connectivity index (χ2v) is 6.07. The number of halogens is 1. The van der Waals surface area contributed by atoms with Crippen molar-refractivity contribution in [1.29, 1.82) is 0 Å². The molecule has 5 nitrogen and oxygen atoms in total. The Hall–Kier alpha value is -2.63. The van der Waals surface area contributed by atoms with Crippen molar-refractivity contribution in [2.24, 2.45) is 0 Å². The normalized spacial score (nSPS) is 15.2. The number of nitrogens with zero attached hydrogens (tertiary/aromatic N) is 2. The summed E-state index contributed by atoms with van der Waals surface area (Å²) >= 11 is 0. The summed E-state index contributed by atoms with van der Waals surface area (Å²) in [5, 5.41) is 6.22. The van der Waals surface area contributed by atoms with Gasteiger partial charge in [0, 0.05) is 24.8 Å². The summed E-state index contributed by atoms with van der Waals surface area (Å²) < 4.78 is 12.8. The highest BCUT2D eigenvalue weighted by molar-refractivity contribution is 5.88. The number of anilines is 2. The fraction of sp³-hybridized carbons (Fsp3) is 0.333. The molecule has 0 bridgehead atoms. The highest BCUT2D eigenvalue weighted by Crippen LogP contribution is 2.18. The monoisotopic (exact) mass is 328 g/mol. The average Bonchev–Trinajstić information content (AvgIpc) is 2.57. The van der Waals surface area contributed by atoms with Gasteiger partial charge in [0.1, 0.15) is 11.6 Å². The lowest BCUT2D eigenvalue weighted by molar-refractivity contribution is 0.197. The second-order valence-electron chi connectivity index (χ2n) is 6.07. The first kappa shape index (κ1) is 16.2. The Labute approximate surface area is 140 Å². The van der Waals surface area contributed by atoms with E-state index in [1.165, 1.54) is 17.7 Å². The molecule has 126 valence electrons. The minimum absolute atomic E-state index is 0.192. The molecule has 1 aliphatic heterocycles. The van der Waals surface area contributed by atoms with Crippen LogP contribution < -0.4 is 10.6 Å². The van der Waals surface area contributed by atoms with Gasteiger partial charge in [-0.1, -0.05) is 12.1 Å². The first-order chi connectivity index (χ1) is 11.6. The fourth-order valence-corrected chi connectivity index (χ4v) is 2.84. The molecule has 2 amide bonds. The Morgan fingerprint density at radius 2 is 2.04 bits per heavy atom. The van der Waals surface area contributed by atoms with Crippen molar-refractivity contribution >= 4 is 17.5 Å². The van der Waals surface area contributed by atoms with E-state index in [0.717, 1.165) is 24.7 Å². The average molecular weight is 328 g/mol. The van der Waals surface area contributed by atoms with Gasteiger partial charge < -0.3 is 10.2 Å². The third-order valence-electron chi connectivity index (χ3n) is 4.13. The standard InChI is InChI=1S/C18H21FN4O/c1-13-3-2-4-16(11-13)21-15-7-9-23(10-8-15)18(24)22-17-6-5-14(19)12-20-17/h2-6,11-12,15,21H,7-10H2,1H3,(H,20,22,24). The largest absolute Gasteiger partial charge is 0.382 e. The van der Waals surface area contributed by atoms with Crippen molar-refractivity contribution in [1.82, 2.24) is 9.88 Å². The number of aromatic nitrogens is 1. The van der Waals surface area contributed by atoms with E-state index in [2.05, 4.69) is 40.7 Å². The van der Waals surface area contributed by atoms with E-state index in [-0.39, 0.29) is 6.03 Å². The van der Waals surface area contributed by atoms with Crippen molar-refractivity contribution < 1.29 is 9.18 Å². The summed E-state index contributed by atoms with van der Waals surface area (Å²) in [4.78, 5) is 17.8. The molecule has 6 heteroatoms. The van der Waals surface area contributed by atoms with Gasteiger partial charge in [-0.15, -0.1) is 0 Å². The van der Waals surface area contributed by atoms with Gasteiger partial charge in [0.15, 0.2) is 0 Å². The van der Waals surface area contributed by atoms with Crippen LogP contribution in [0.4, 0.5) is 20.7 Å². The number of urea groups is 1. The molecule has 1 fully saturated rings. The van der Waals surface area contributed by atoms with Crippen LogP contribution in [0.15, 0.2) is 42.6 Å². The molecule has 2 aromatic rings. The summed E-state index contributed by atoms with van der Waals surface area (Å²) in [5.41, 5.74) is 2.34. The molecule has 0 spiro atoms. The lowest BCUT2D eigenvalue weighted by Crippen LogP contribution is -2.44. The Morgan fingerprint density at radius 3 is 2.71 bits per heavy atom. The van der Waals surface area contributed by atoms with Gasteiger partial charge in [-0.25, -0.2) is 14.2 Å². The van der Waals surface area contributed by atoms with E-state index in [1.54, 1.807) is 4.90 Å². The van der Waals surface area contributed by atoms with Crippen molar-refractivity contribution in [3.05, 3.63) is 54.0 Å². The molecule has 0 atom stereocenters. The number of likely N-dealkylation sites (tertiary alicyclic amines) is 1. The molecule has 0 aliphatic carbocycles. The highest BCUT2D eigenvalue weighted by Gasteiger charge is 2.23. The number of nitrogens with one attached hydrogen (secondary N) is 2. The maximum Gasteiger partial charge on any atom is 0.323 e. The van der Waals surface area contributed by atoms with E-state index in [9.17, 15) is 9.18 Å². The molecule has 0 radical (unpaired) electrons. The van der Waals surface area contributed by atoms with E-state index >= 15 is 0 Å². The fourth-order valence-electron chi connectivity index (χ4n) is 2.84. The number of piperidine rings is 1. The quantitative estimate of drug-likeness (QED) is 0.904. The van der Waals surface area contributed by atoms with Gasteiger partial charge in [0.25, 0.3) is 0 Å². The highest BCUT2D eigenvalue weighted by atomic mass is 19.1. The summed E-state index contributed by atoms with van der Waals surface area (Å²) in [7, 11) is 0. The zero-order chi connectivity index (χ0) is 16.9. The minimum atomic E-state index is -0.420. The molecule has 2 N–H and O–H groups in total. The Bertz CT molecular complexity index is 696. The number of hydrogen-bond acceptors (Lipinski definition) is 3. The molecule has 1 saturated heterocycles. The maximum atomic E-state index is 12.8. The third-order valence-corrected chi connectivity index (χ3v) is 4.13. The smallest absolute Gasteiger partial charge is 0.323 e. The van der Waals surface area contributed by atoms with Crippen LogP contribution in [-0.4, -0.2) is 35.0 Å². The van der Waals surface area contributed by atoms with Crippen LogP contribution in [-0.2, 0) is 0 Å². The first-order valence-corrected chi connectivity index (χ1v) is 8.11. The molecule has 0 unspecified atom stereocenters. The van der Waals surface area contributed by atoms with Crippen LogP contribution in [0, 0.1) is 12.7 Å². The summed E-state index contributed by atoms with van der Waals surface area (Å²) in [5.74, 6) is -0.0579. The zero-order valence-corrected chi connectivity index (χ0v) is 13.6. The molecule has 1 aromatic heterocycles. The van der Waals surface area contributed by atoms with Crippen LogP contribution >= 0.6 is 0 Å². The molecule has 2 heterocycles. The number of hydrogen-bond donors (Lipinski definition) is 2. The number of pyridine rings is 1. The summed E-state index contributed by atoms with van der Waals surface area (Å²) in [6.45, 7) is 3.43. The van der Waals surface area contributed by atoms with Gasteiger partial charge in [0.05, 0.1) is 6.20 Å². The summed E-state index contributed by atoms with van der Waals surface area (Å²) in [6, 6.07) is 11.2. The third kappa shape index (κ3) is 4.22. The topological polar surface area (TPSA) is 57.3 Å². The molecule has 3 rings (SSSR count). The van der Waals surface area contributed by atoms with Gasteiger partial charge >= 0.3 is 6.03 Å². The number of benzene rings is 1. The van der Waals surface area contributed by atoms with Crippen LogP contribution in [0.3, 0.4) is 0 Å². The lowest BCUT2D eigenvalue weighted by atomic mass is 10.0. The van der Waals surface area contributed by atoms with Crippen molar-refractivity contribution in [2.45, 2.75) is 25.8 Å². The van der Waals surface area contributed by atoms with Crippen molar-refractivity contribution in [2.75, 3.05) is 23.7 Å². The van der Waals surface area contributed by atoms with Gasteiger partial charge in [-0.2, -0.15) is 0 Å². The van der Waals surface area contributed by atoms with Crippen molar-refractivity contribution in [3.63, 3.8) is 0 Å². The molecule has 0 saturated carbocycles. The SMILES string of the molecule is Cc1cccc(NC2CCN(C(=O)Nc3ccc(F)cn3)CC2)c1. The number of aryl methyl sites for hydroxylation is 1. The van der Waals surface area contributed by atoms with Gasteiger partial charge in [-0.3, -0.25) is 5.32 Å². The Morgan fingerprint density at radius 1 is 1.25 bits per heavy atom. The van der Waals surface area contributed by atoms with Gasteiger partial charge in [0.2, 0.25) is 0 Å². The van der Waals surface area contributed by atoms with Gasteiger partial charge in [-0.05, 0) is 49.6 Å². The summed E-state index contributed by atoms with van der Waals surface area (Å²) in [6.07, 6.45) is 2.87. The number of rotatable bonds is 3. The van der Waals surface area contributed by atoms with Crippen LogP contribution in [0.2, 0.25) is 0 Å².